The summed E-state index contributed by atoms with van der Waals surface area (Å²) in [6.07, 6.45) is 1.53. The Bertz CT molecular complexity index is 1190. The molecule has 1 heterocycles. The number of carbonyl (C=O) groups is 1. The number of benzene rings is 3. The molecule has 0 aliphatic carbocycles. The zero-order chi connectivity index (χ0) is 21.1. The van der Waals surface area contributed by atoms with Crippen LogP contribution in [0.5, 0.6) is 0 Å². The van der Waals surface area contributed by atoms with Crippen molar-refractivity contribution in [2.75, 3.05) is 19.4 Å². The molecule has 5 heteroatoms. The van der Waals surface area contributed by atoms with Gasteiger partial charge in [-0.1, -0.05) is 18.2 Å². The third-order valence-corrected chi connectivity index (χ3v) is 4.83. The number of hydrogen-bond donors (Lipinski definition) is 1. The predicted molar refractivity (Wildman–Crippen MR) is 119 cm³/mol. The van der Waals surface area contributed by atoms with Crippen molar-refractivity contribution in [2.45, 2.75) is 6.54 Å². The number of pyridine rings is 1. The summed E-state index contributed by atoms with van der Waals surface area (Å²) in [6.45, 7) is 0.884. The maximum Gasteiger partial charge on any atom is 0.257 e. The summed E-state index contributed by atoms with van der Waals surface area (Å²) in [7, 11) is 4.09. The second kappa shape index (κ2) is 8.43. The van der Waals surface area contributed by atoms with Gasteiger partial charge in [0.2, 0.25) is 0 Å². The highest BCUT2D eigenvalue weighted by molar-refractivity contribution is 6.05. The van der Waals surface area contributed by atoms with Crippen LogP contribution < -0.4 is 5.32 Å². The van der Waals surface area contributed by atoms with Gasteiger partial charge >= 0.3 is 0 Å². The van der Waals surface area contributed by atoms with Gasteiger partial charge in [0.05, 0.1) is 11.3 Å². The van der Waals surface area contributed by atoms with Gasteiger partial charge in [0.1, 0.15) is 5.82 Å². The molecule has 1 N–H and O–H groups in total. The van der Waals surface area contributed by atoms with E-state index in [9.17, 15) is 9.18 Å². The van der Waals surface area contributed by atoms with Crippen molar-refractivity contribution in [3.8, 4) is 11.3 Å². The van der Waals surface area contributed by atoms with Gasteiger partial charge in [0.15, 0.2) is 0 Å². The van der Waals surface area contributed by atoms with Crippen LogP contribution in [0.2, 0.25) is 0 Å². The number of nitrogens with zero attached hydrogens (tertiary/aromatic N) is 2. The minimum atomic E-state index is -0.293. The van der Waals surface area contributed by atoms with E-state index in [-0.39, 0.29) is 11.7 Å². The van der Waals surface area contributed by atoms with E-state index in [0.717, 1.165) is 28.6 Å². The molecule has 0 saturated heterocycles. The van der Waals surface area contributed by atoms with Crippen molar-refractivity contribution in [3.05, 3.63) is 95.9 Å². The Morgan fingerprint density at radius 1 is 0.933 bits per heavy atom. The molecule has 4 aromatic rings. The molecule has 0 bridgehead atoms. The number of rotatable bonds is 5. The Hall–Kier alpha value is -3.57. The summed E-state index contributed by atoms with van der Waals surface area (Å²) < 4.78 is 13.1. The summed E-state index contributed by atoms with van der Waals surface area (Å²) in [6, 6.07) is 21.8. The minimum absolute atomic E-state index is 0.225. The molecule has 0 fully saturated rings. The highest BCUT2D eigenvalue weighted by atomic mass is 19.1. The van der Waals surface area contributed by atoms with Crippen molar-refractivity contribution in [1.82, 2.24) is 9.88 Å². The first-order valence-electron chi connectivity index (χ1n) is 9.69. The highest BCUT2D eigenvalue weighted by Crippen LogP contribution is 2.22. The van der Waals surface area contributed by atoms with Gasteiger partial charge in [-0.3, -0.25) is 9.78 Å². The van der Waals surface area contributed by atoms with E-state index in [2.05, 4.69) is 33.4 Å². The van der Waals surface area contributed by atoms with Gasteiger partial charge < -0.3 is 10.2 Å². The lowest BCUT2D eigenvalue weighted by Gasteiger charge is -2.11. The molecule has 0 unspecified atom stereocenters. The number of carbonyl (C=O) groups excluding carboxylic acids is 1. The van der Waals surface area contributed by atoms with E-state index < -0.39 is 0 Å². The lowest BCUT2D eigenvalue weighted by atomic mass is 10.1. The summed E-state index contributed by atoms with van der Waals surface area (Å²) in [5.74, 6) is -0.518. The van der Waals surface area contributed by atoms with Gasteiger partial charge in [0, 0.05) is 24.0 Å². The average Bonchev–Trinajstić information content (AvgIpc) is 2.74. The monoisotopic (exact) mass is 399 g/mol. The molecule has 0 saturated carbocycles. The third kappa shape index (κ3) is 4.53. The molecule has 0 spiro atoms. The number of fused-ring (bicyclic) bond motifs is 1. The van der Waals surface area contributed by atoms with Crippen LogP contribution in [-0.2, 0) is 6.54 Å². The van der Waals surface area contributed by atoms with Crippen molar-refractivity contribution >= 4 is 22.4 Å². The van der Waals surface area contributed by atoms with Gasteiger partial charge in [-0.15, -0.1) is 0 Å². The van der Waals surface area contributed by atoms with Crippen LogP contribution in [0.25, 0.3) is 22.0 Å². The zero-order valence-corrected chi connectivity index (χ0v) is 16.9. The normalized spacial score (nSPS) is 11.1. The molecule has 0 atom stereocenters. The number of hydrogen-bond acceptors (Lipinski definition) is 3. The van der Waals surface area contributed by atoms with E-state index in [4.69, 9.17) is 0 Å². The van der Waals surface area contributed by atoms with E-state index in [1.165, 1.54) is 23.9 Å². The molecule has 150 valence electrons. The lowest BCUT2D eigenvalue weighted by molar-refractivity contribution is 0.102. The van der Waals surface area contributed by atoms with Crippen LogP contribution in [0.1, 0.15) is 15.9 Å². The van der Waals surface area contributed by atoms with Crippen LogP contribution in [0, 0.1) is 5.82 Å². The summed E-state index contributed by atoms with van der Waals surface area (Å²) in [5, 5.41) is 5.13. The first kappa shape index (κ1) is 19.7. The molecule has 0 aliphatic heterocycles. The predicted octanol–water partition coefficient (Wildman–Crippen LogP) is 5.35. The average molecular weight is 399 g/mol. The van der Waals surface area contributed by atoms with Gasteiger partial charge in [-0.2, -0.15) is 0 Å². The Morgan fingerprint density at radius 2 is 1.67 bits per heavy atom. The van der Waals surface area contributed by atoms with Crippen LogP contribution >= 0.6 is 0 Å². The first-order valence-corrected chi connectivity index (χ1v) is 9.69. The molecule has 1 amide bonds. The number of halogens is 1. The second-order valence-electron chi connectivity index (χ2n) is 7.53. The fourth-order valence-electron chi connectivity index (χ4n) is 3.36. The van der Waals surface area contributed by atoms with E-state index in [1.807, 2.05) is 32.3 Å². The van der Waals surface area contributed by atoms with Gasteiger partial charge in [0.25, 0.3) is 5.91 Å². The van der Waals surface area contributed by atoms with Crippen molar-refractivity contribution < 1.29 is 9.18 Å². The maximum absolute atomic E-state index is 13.1. The van der Waals surface area contributed by atoms with E-state index in [1.54, 1.807) is 24.3 Å². The SMILES string of the molecule is CN(C)Cc1ccc2cc(NC(=O)c3ccc(-c4ccc(F)cc4)nc3)ccc2c1. The quantitative estimate of drug-likeness (QED) is 0.492. The standard InChI is InChI=1S/C25H22FN3O/c1-29(2)16-17-3-4-20-14-23(11-7-19(20)13-17)28-25(30)21-8-12-24(27-15-21)18-5-9-22(26)10-6-18/h3-15H,16H2,1-2H3,(H,28,30). The Morgan fingerprint density at radius 3 is 2.37 bits per heavy atom. The third-order valence-electron chi connectivity index (χ3n) is 4.83. The smallest absolute Gasteiger partial charge is 0.257 e. The van der Waals surface area contributed by atoms with Crippen molar-refractivity contribution in [1.29, 1.82) is 0 Å². The Balaban J connectivity index is 1.49. The van der Waals surface area contributed by atoms with Gasteiger partial charge in [-0.05, 0) is 85.0 Å². The zero-order valence-electron chi connectivity index (χ0n) is 16.9. The van der Waals surface area contributed by atoms with Crippen LogP contribution in [0.15, 0.2) is 79.0 Å². The number of anilines is 1. The minimum Gasteiger partial charge on any atom is -0.322 e. The Labute approximate surface area is 175 Å². The lowest BCUT2D eigenvalue weighted by Crippen LogP contribution is -2.12. The molecule has 0 aliphatic rings. The molecular weight excluding hydrogens is 377 g/mol. The molecule has 3 aromatic carbocycles. The van der Waals surface area contributed by atoms with Crippen LogP contribution in [0.4, 0.5) is 10.1 Å². The topological polar surface area (TPSA) is 45.2 Å². The maximum atomic E-state index is 13.1. The van der Waals surface area contributed by atoms with Crippen LogP contribution in [-0.4, -0.2) is 29.9 Å². The second-order valence-corrected chi connectivity index (χ2v) is 7.53. The molecule has 4 rings (SSSR count). The van der Waals surface area contributed by atoms with Crippen LogP contribution in [0.3, 0.4) is 0 Å². The largest absolute Gasteiger partial charge is 0.322 e. The highest BCUT2D eigenvalue weighted by Gasteiger charge is 2.09. The summed E-state index contributed by atoms with van der Waals surface area (Å²) in [4.78, 5) is 19.1. The number of aromatic nitrogens is 1. The molecule has 4 nitrogen and oxygen atoms in total. The van der Waals surface area contributed by atoms with Crippen molar-refractivity contribution in [3.63, 3.8) is 0 Å². The van der Waals surface area contributed by atoms with Gasteiger partial charge in [-0.25, -0.2) is 4.39 Å². The number of amides is 1. The molecular formula is C25H22FN3O. The fraction of sp³-hybridized carbons (Fsp3) is 0.120. The van der Waals surface area contributed by atoms with E-state index >= 15 is 0 Å². The first-order chi connectivity index (χ1) is 14.5. The fourth-order valence-corrected chi connectivity index (χ4v) is 3.36. The van der Waals surface area contributed by atoms with E-state index in [0.29, 0.717) is 11.3 Å². The molecule has 30 heavy (non-hydrogen) atoms. The Kier molecular flexibility index (Phi) is 5.55. The summed E-state index contributed by atoms with van der Waals surface area (Å²) in [5.41, 5.74) is 3.92. The molecule has 0 radical (unpaired) electrons. The van der Waals surface area contributed by atoms with Crippen molar-refractivity contribution in [2.24, 2.45) is 0 Å². The molecule has 1 aromatic heterocycles. The summed E-state index contributed by atoms with van der Waals surface area (Å²) >= 11 is 0. The number of nitrogens with one attached hydrogen (secondary N) is 1.